The van der Waals surface area contributed by atoms with E-state index in [0.29, 0.717) is 6.04 Å². The Morgan fingerprint density at radius 3 is 2.35 bits per heavy atom. The number of halogens is 1. The fourth-order valence-corrected chi connectivity index (χ4v) is 2.77. The second-order valence-corrected chi connectivity index (χ2v) is 6.05. The largest absolute Gasteiger partial charge is 0.310 e. The molecule has 0 amide bonds. The summed E-state index contributed by atoms with van der Waals surface area (Å²) in [5, 5.41) is 4.39. The number of nitrogens with one attached hydrogen (secondary N) is 1. The Morgan fingerprint density at radius 2 is 1.70 bits per heavy atom. The topological polar surface area (TPSA) is 12.0 Å². The van der Waals surface area contributed by atoms with Crippen LogP contribution >= 0.6 is 11.6 Å². The molecule has 0 fully saturated rings. The van der Waals surface area contributed by atoms with Crippen molar-refractivity contribution in [3.63, 3.8) is 0 Å². The molecule has 0 saturated carbocycles. The Hall–Kier alpha value is -1.31. The molecule has 2 aromatic rings. The van der Waals surface area contributed by atoms with E-state index in [1.54, 1.807) is 0 Å². The van der Waals surface area contributed by atoms with E-state index < -0.39 is 0 Å². The van der Waals surface area contributed by atoms with Crippen molar-refractivity contribution < 1.29 is 0 Å². The van der Waals surface area contributed by atoms with Crippen LogP contribution in [0.3, 0.4) is 0 Å². The molecule has 1 nitrogen and oxygen atoms in total. The van der Waals surface area contributed by atoms with Crippen LogP contribution < -0.4 is 5.32 Å². The van der Waals surface area contributed by atoms with Gasteiger partial charge in [0.05, 0.1) is 0 Å². The minimum Gasteiger partial charge on any atom is -0.310 e. The van der Waals surface area contributed by atoms with Gasteiger partial charge in [-0.2, -0.15) is 0 Å². The van der Waals surface area contributed by atoms with Crippen molar-refractivity contribution in [3.8, 4) is 0 Å². The van der Waals surface area contributed by atoms with Gasteiger partial charge in [-0.15, -0.1) is 0 Å². The van der Waals surface area contributed by atoms with Gasteiger partial charge in [-0.25, -0.2) is 0 Å². The molecule has 106 valence electrons. The van der Waals surface area contributed by atoms with Crippen molar-refractivity contribution in [2.45, 2.75) is 39.8 Å². The van der Waals surface area contributed by atoms with Crippen LogP contribution in [0.1, 0.15) is 29.2 Å². The molecule has 0 radical (unpaired) electrons. The monoisotopic (exact) mass is 287 g/mol. The van der Waals surface area contributed by atoms with Crippen molar-refractivity contribution in [3.05, 3.63) is 69.7 Å². The first-order valence-corrected chi connectivity index (χ1v) is 7.46. The van der Waals surface area contributed by atoms with Crippen LogP contribution in [-0.4, -0.2) is 6.04 Å². The molecule has 0 aliphatic carbocycles. The van der Waals surface area contributed by atoms with Crippen molar-refractivity contribution >= 4 is 11.6 Å². The molecule has 2 heteroatoms. The molecule has 2 aromatic carbocycles. The van der Waals surface area contributed by atoms with E-state index in [0.717, 1.165) is 18.0 Å². The third-order valence-electron chi connectivity index (χ3n) is 3.37. The Kier molecular flexibility index (Phi) is 5.22. The van der Waals surface area contributed by atoms with Gasteiger partial charge in [-0.1, -0.05) is 53.1 Å². The quantitative estimate of drug-likeness (QED) is 0.842. The summed E-state index contributed by atoms with van der Waals surface area (Å²) in [7, 11) is 0. The van der Waals surface area contributed by atoms with Gasteiger partial charge >= 0.3 is 0 Å². The Labute approximate surface area is 127 Å². The predicted octanol–water partition coefficient (Wildman–Crippen LogP) is 4.68. The summed E-state index contributed by atoms with van der Waals surface area (Å²) >= 11 is 6.02. The van der Waals surface area contributed by atoms with Crippen LogP contribution in [0.15, 0.2) is 42.5 Å². The first-order chi connectivity index (χ1) is 9.52. The average molecular weight is 288 g/mol. The van der Waals surface area contributed by atoms with Crippen LogP contribution in [0.4, 0.5) is 0 Å². The molecule has 1 N–H and O–H groups in total. The van der Waals surface area contributed by atoms with Crippen molar-refractivity contribution in [2.24, 2.45) is 0 Å². The Morgan fingerprint density at radius 1 is 1.00 bits per heavy atom. The normalized spacial score (nSPS) is 12.4. The molecule has 0 aromatic heterocycles. The van der Waals surface area contributed by atoms with Gasteiger partial charge in [0.2, 0.25) is 0 Å². The van der Waals surface area contributed by atoms with Crippen LogP contribution in [0.25, 0.3) is 0 Å². The highest BCUT2D eigenvalue weighted by molar-refractivity contribution is 6.30. The van der Waals surface area contributed by atoms with Gasteiger partial charge in [0, 0.05) is 17.6 Å². The fourth-order valence-electron chi connectivity index (χ4n) is 2.55. The highest BCUT2D eigenvalue weighted by Gasteiger charge is 2.04. The van der Waals surface area contributed by atoms with Crippen LogP contribution in [-0.2, 0) is 13.0 Å². The first kappa shape index (κ1) is 15.1. The molecule has 0 aliphatic heterocycles. The SMILES string of the molecule is Cc1cc(C)cc(CNC(C)Cc2cccc(Cl)c2)c1. The standard InChI is InChI=1S/C18H22ClN/c1-13-7-14(2)9-17(8-13)12-20-15(3)10-16-5-4-6-18(19)11-16/h4-9,11,15,20H,10,12H2,1-3H3. The van der Waals surface area contributed by atoms with Crippen molar-refractivity contribution in [1.29, 1.82) is 0 Å². The van der Waals surface area contributed by atoms with E-state index in [1.165, 1.54) is 22.3 Å². The predicted molar refractivity (Wildman–Crippen MR) is 87.4 cm³/mol. The van der Waals surface area contributed by atoms with E-state index in [9.17, 15) is 0 Å². The zero-order valence-corrected chi connectivity index (χ0v) is 13.2. The van der Waals surface area contributed by atoms with Crippen molar-refractivity contribution in [1.82, 2.24) is 5.32 Å². The molecular weight excluding hydrogens is 266 g/mol. The molecule has 1 atom stereocenters. The third-order valence-corrected chi connectivity index (χ3v) is 3.60. The Bertz CT molecular complexity index is 557. The molecule has 0 spiro atoms. The van der Waals surface area contributed by atoms with E-state index in [1.807, 2.05) is 18.2 Å². The summed E-state index contributed by atoms with van der Waals surface area (Å²) in [4.78, 5) is 0. The lowest BCUT2D eigenvalue weighted by atomic mass is 10.1. The molecule has 0 bridgehead atoms. The van der Waals surface area contributed by atoms with E-state index in [-0.39, 0.29) is 0 Å². The summed E-state index contributed by atoms with van der Waals surface area (Å²) in [5.74, 6) is 0. The highest BCUT2D eigenvalue weighted by Crippen LogP contribution is 2.13. The zero-order valence-electron chi connectivity index (χ0n) is 12.4. The second-order valence-electron chi connectivity index (χ2n) is 5.61. The van der Waals surface area contributed by atoms with Crippen molar-refractivity contribution in [2.75, 3.05) is 0 Å². The molecule has 20 heavy (non-hydrogen) atoms. The van der Waals surface area contributed by atoms with Gasteiger partial charge in [-0.3, -0.25) is 0 Å². The lowest BCUT2D eigenvalue weighted by Gasteiger charge is -2.15. The second kappa shape index (κ2) is 6.92. The minimum absolute atomic E-state index is 0.425. The lowest BCUT2D eigenvalue weighted by Crippen LogP contribution is -2.27. The summed E-state index contributed by atoms with van der Waals surface area (Å²) in [5.41, 5.74) is 5.27. The molecule has 1 unspecified atom stereocenters. The summed E-state index contributed by atoms with van der Waals surface area (Å²) in [6, 6.07) is 15.2. The minimum atomic E-state index is 0.425. The Balaban J connectivity index is 1.90. The van der Waals surface area contributed by atoms with E-state index in [2.05, 4.69) is 50.4 Å². The fraction of sp³-hybridized carbons (Fsp3) is 0.333. The molecule has 0 saturated heterocycles. The average Bonchev–Trinajstić information content (AvgIpc) is 2.35. The maximum atomic E-state index is 6.02. The smallest absolute Gasteiger partial charge is 0.0408 e. The van der Waals surface area contributed by atoms with Crippen LogP contribution in [0.5, 0.6) is 0 Å². The molecule has 2 rings (SSSR count). The highest BCUT2D eigenvalue weighted by atomic mass is 35.5. The third kappa shape index (κ3) is 4.66. The zero-order chi connectivity index (χ0) is 14.5. The van der Waals surface area contributed by atoms with E-state index in [4.69, 9.17) is 11.6 Å². The summed E-state index contributed by atoms with van der Waals surface area (Å²) < 4.78 is 0. The number of benzene rings is 2. The maximum Gasteiger partial charge on any atom is 0.0408 e. The van der Waals surface area contributed by atoms with Gasteiger partial charge in [0.1, 0.15) is 0 Å². The molecular formula is C18H22ClN. The van der Waals surface area contributed by atoms with Gasteiger partial charge in [-0.05, 0) is 50.5 Å². The van der Waals surface area contributed by atoms with Gasteiger partial charge < -0.3 is 5.32 Å². The van der Waals surface area contributed by atoms with E-state index >= 15 is 0 Å². The van der Waals surface area contributed by atoms with Crippen LogP contribution in [0.2, 0.25) is 5.02 Å². The number of rotatable bonds is 5. The number of hydrogen-bond acceptors (Lipinski definition) is 1. The summed E-state index contributed by atoms with van der Waals surface area (Å²) in [6.07, 6.45) is 0.991. The molecule has 0 heterocycles. The number of aryl methyl sites for hydroxylation is 2. The first-order valence-electron chi connectivity index (χ1n) is 7.08. The lowest BCUT2D eigenvalue weighted by molar-refractivity contribution is 0.545. The van der Waals surface area contributed by atoms with Crippen LogP contribution in [0, 0.1) is 13.8 Å². The maximum absolute atomic E-state index is 6.02. The van der Waals surface area contributed by atoms with Gasteiger partial charge in [0.15, 0.2) is 0 Å². The number of hydrogen-bond donors (Lipinski definition) is 1. The molecule has 0 aliphatic rings. The van der Waals surface area contributed by atoms with Gasteiger partial charge in [0.25, 0.3) is 0 Å². The summed E-state index contributed by atoms with van der Waals surface area (Å²) in [6.45, 7) is 7.41.